The van der Waals surface area contributed by atoms with E-state index in [1.54, 1.807) is 11.0 Å². The van der Waals surface area contributed by atoms with Gasteiger partial charge in [0.2, 0.25) is 0 Å². The predicted molar refractivity (Wildman–Crippen MR) is 151 cm³/mol. The third-order valence-corrected chi connectivity index (χ3v) is 18.2. The van der Waals surface area contributed by atoms with E-state index in [1.165, 1.54) is 0 Å². The molecule has 3 aromatic carbocycles. The fraction of sp³-hybridized carbons (Fsp3) is 0.241. The average Bonchev–Trinajstić information content (AvgIpc) is 3.29. The van der Waals surface area contributed by atoms with Crippen molar-refractivity contribution >= 4 is 48.7 Å². The topological polar surface area (TPSA) is 49.9 Å². The molecule has 0 bridgehead atoms. The molecular weight excluding hydrogens is 535 g/mol. The molecule has 0 aromatic heterocycles. The number of carbonyl (C=O) groups is 2. The van der Waals surface area contributed by atoms with Crippen LogP contribution in [-0.2, 0) is 9.53 Å². The van der Waals surface area contributed by atoms with Crippen LogP contribution in [0, 0.1) is 0 Å². The summed E-state index contributed by atoms with van der Waals surface area (Å²) in [4.78, 5) is 30.2. The maximum absolute atomic E-state index is 14.3. The molecule has 2 heterocycles. The Labute approximate surface area is 220 Å². The van der Waals surface area contributed by atoms with Gasteiger partial charge in [-0.05, 0) is 0 Å². The summed E-state index contributed by atoms with van der Waals surface area (Å²) in [6, 6.07) is 31.3. The molecule has 2 fully saturated rings. The second-order valence-corrected chi connectivity index (χ2v) is 18.1. The molecular formula is C29H30BrN2O3P. The molecule has 5 rings (SSSR count). The third kappa shape index (κ3) is 3.79. The number of hydrogen-bond acceptors (Lipinski definition) is 3. The summed E-state index contributed by atoms with van der Waals surface area (Å²) in [5.41, 5.74) is -0.259. The van der Waals surface area contributed by atoms with Crippen molar-refractivity contribution in [1.29, 1.82) is 0 Å². The predicted octanol–water partition coefficient (Wildman–Crippen LogP) is 4.43. The second-order valence-electron chi connectivity index (χ2n) is 9.34. The van der Waals surface area contributed by atoms with Crippen molar-refractivity contribution in [2.45, 2.75) is 18.1 Å². The molecule has 0 N–H and O–H groups in total. The van der Waals surface area contributed by atoms with Crippen LogP contribution in [0.15, 0.2) is 104 Å². The number of amides is 2. The van der Waals surface area contributed by atoms with Crippen molar-refractivity contribution in [2.75, 3.05) is 26.2 Å². The Balaban J connectivity index is 1.56. The number of benzene rings is 3. The van der Waals surface area contributed by atoms with Gasteiger partial charge in [0.05, 0.1) is 0 Å². The van der Waals surface area contributed by atoms with Crippen molar-refractivity contribution in [3.63, 3.8) is 0 Å². The fourth-order valence-corrected chi connectivity index (χ4v) is 14.3. The van der Waals surface area contributed by atoms with Crippen LogP contribution >= 0.6 is 20.8 Å². The first-order valence-electron chi connectivity index (χ1n) is 12.2. The molecule has 0 aliphatic carbocycles. The third-order valence-electron chi connectivity index (χ3n) is 7.47. The van der Waals surface area contributed by atoms with E-state index >= 15 is 0 Å². The molecule has 0 spiro atoms. The number of hydrogen-bond donors (Lipinski definition) is 0. The molecule has 0 radical (unpaired) electrons. The summed E-state index contributed by atoms with van der Waals surface area (Å²) < 4.78 is 5.16. The van der Waals surface area contributed by atoms with Crippen LogP contribution in [0.3, 0.4) is 0 Å². The molecule has 2 aliphatic rings. The van der Waals surface area contributed by atoms with Gasteiger partial charge in [-0.15, -0.1) is 0 Å². The average molecular weight is 565 g/mol. The van der Waals surface area contributed by atoms with Gasteiger partial charge in [0.15, 0.2) is 0 Å². The minimum atomic E-state index is -3.41. The Morgan fingerprint density at radius 1 is 0.917 bits per heavy atom. The summed E-state index contributed by atoms with van der Waals surface area (Å²) >= 11 is 4.45. The van der Waals surface area contributed by atoms with Gasteiger partial charge >= 0.3 is 221 Å². The summed E-state index contributed by atoms with van der Waals surface area (Å²) in [5, 5.41) is 0.0206. The van der Waals surface area contributed by atoms with Crippen LogP contribution in [0.2, 0.25) is 0 Å². The summed E-state index contributed by atoms with van der Waals surface area (Å²) in [5.74, 6) is 0.144. The molecule has 0 saturated carbocycles. The van der Waals surface area contributed by atoms with Crippen molar-refractivity contribution in [3.05, 3.63) is 104 Å². The Hall–Kier alpha value is -2.95. The zero-order valence-corrected chi connectivity index (χ0v) is 22.6. The van der Waals surface area contributed by atoms with Crippen molar-refractivity contribution in [3.8, 4) is 0 Å². The van der Waals surface area contributed by atoms with Gasteiger partial charge in [-0.25, -0.2) is 0 Å². The van der Waals surface area contributed by atoms with E-state index in [0.717, 1.165) is 22.3 Å². The molecule has 186 valence electrons. The van der Waals surface area contributed by atoms with E-state index in [1.807, 2.05) is 23.1 Å². The van der Waals surface area contributed by atoms with Gasteiger partial charge in [-0.2, -0.15) is 0 Å². The van der Waals surface area contributed by atoms with Gasteiger partial charge in [-0.1, -0.05) is 0 Å². The Morgan fingerprint density at radius 3 is 1.83 bits per heavy atom. The molecule has 2 aliphatic heterocycles. The molecule has 7 heteroatoms. The van der Waals surface area contributed by atoms with Gasteiger partial charge in [0, 0.05) is 0 Å². The monoisotopic (exact) mass is 564 g/mol. The van der Waals surface area contributed by atoms with Crippen LogP contribution in [0.1, 0.15) is 6.42 Å². The summed E-state index contributed by atoms with van der Waals surface area (Å²) in [6.45, 7) is 5.43. The fourth-order valence-electron chi connectivity index (χ4n) is 5.67. The van der Waals surface area contributed by atoms with Crippen LogP contribution in [0.5, 0.6) is 0 Å². The standard InChI is InChI=1S/C29H30BrN2O3P/c1-2-20-35-29(34)31-21-23(22-31)32-19-18-27(28(32)33)36(30,24-12-6-3-7-13-24,25-14-8-4-9-15-25)26-16-10-5-11-17-26/h2-17,23,27H,1,18-22H2. The van der Waals surface area contributed by atoms with Crippen molar-refractivity contribution in [2.24, 2.45) is 0 Å². The molecule has 2 amide bonds. The summed E-state index contributed by atoms with van der Waals surface area (Å²) in [7, 11) is 0. The Morgan fingerprint density at radius 2 is 1.39 bits per heavy atom. The minimum absolute atomic E-state index is 0.00228. The van der Waals surface area contributed by atoms with E-state index in [-0.39, 0.29) is 30.3 Å². The number of carbonyl (C=O) groups excluding carboxylic acids is 2. The van der Waals surface area contributed by atoms with Crippen LogP contribution in [0.4, 0.5) is 4.79 Å². The van der Waals surface area contributed by atoms with E-state index in [4.69, 9.17) is 4.74 Å². The molecule has 36 heavy (non-hydrogen) atoms. The molecule has 5 nitrogen and oxygen atoms in total. The number of halogens is 1. The molecule has 2 saturated heterocycles. The van der Waals surface area contributed by atoms with Gasteiger partial charge in [0.1, 0.15) is 0 Å². The van der Waals surface area contributed by atoms with E-state index < -0.39 is 5.31 Å². The van der Waals surface area contributed by atoms with Gasteiger partial charge in [-0.3, -0.25) is 0 Å². The van der Waals surface area contributed by atoms with Gasteiger partial charge in [0.25, 0.3) is 0 Å². The zero-order chi connectivity index (χ0) is 25.2. The Kier molecular flexibility index (Phi) is 6.76. The van der Waals surface area contributed by atoms with E-state index in [0.29, 0.717) is 19.6 Å². The van der Waals surface area contributed by atoms with E-state index in [9.17, 15) is 9.59 Å². The first-order chi connectivity index (χ1) is 17.5. The summed E-state index contributed by atoms with van der Waals surface area (Å²) in [6.07, 6.45) is 1.94. The number of rotatable bonds is 7. The quantitative estimate of drug-likeness (QED) is 0.315. The maximum atomic E-state index is 14.3. The molecule has 3 aromatic rings. The van der Waals surface area contributed by atoms with E-state index in [2.05, 4.69) is 94.9 Å². The van der Waals surface area contributed by atoms with Crippen molar-refractivity contribution in [1.82, 2.24) is 9.80 Å². The van der Waals surface area contributed by atoms with Crippen LogP contribution < -0.4 is 15.9 Å². The first-order valence-corrected chi connectivity index (χ1v) is 16.5. The SMILES string of the molecule is C=CCOC(=O)N1CC(N2CCC(P(Br)(c3ccccc3)(c3ccccc3)c3ccccc3)C2=O)C1. The molecule has 1 unspecified atom stereocenters. The van der Waals surface area contributed by atoms with Crippen LogP contribution in [-0.4, -0.2) is 59.7 Å². The van der Waals surface area contributed by atoms with Crippen LogP contribution in [0.25, 0.3) is 0 Å². The normalized spacial score (nSPS) is 19.3. The zero-order valence-electron chi connectivity index (χ0n) is 20.1. The molecule has 1 atom stereocenters. The van der Waals surface area contributed by atoms with Gasteiger partial charge < -0.3 is 0 Å². The second kappa shape index (κ2) is 9.84. The number of ether oxygens (including phenoxy) is 1. The Bertz CT molecular complexity index is 1150. The number of likely N-dealkylation sites (tertiary alicyclic amines) is 2. The number of nitrogens with zero attached hydrogens (tertiary/aromatic N) is 2. The first kappa shape index (κ1) is 24.7. The van der Waals surface area contributed by atoms with Crippen molar-refractivity contribution < 1.29 is 14.3 Å².